The highest BCUT2D eigenvalue weighted by atomic mass is 31.1. The molecule has 0 spiro atoms. The van der Waals surface area contributed by atoms with E-state index in [2.05, 4.69) is 0 Å². The standard InChI is InChI=1S/C20H23O3P/c1-6-15-16(7-2)18(23-24-22)9-8-17(15)20(21)19-13(4)10-12(3)11-14(19)5/h8-11H,6-7H2,1-5H3. The summed E-state index contributed by atoms with van der Waals surface area (Å²) in [4.78, 5) is 13.2. The molecule has 0 aliphatic rings. The van der Waals surface area contributed by atoms with Crippen molar-refractivity contribution in [2.24, 2.45) is 0 Å². The number of hydrogen-bond acceptors (Lipinski definition) is 3. The molecule has 0 unspecified atom stereocenters. The van der Waals surface area contributed by atoms with Crippen LogP contribution in [0.25, 0.3) is 0 Å². The van der Waals surface area contributed by atoms with Crippen LogP contribution in [0.1, 0.15) is 57.6 Å². The minimum absolute atomic E-state index is 0.0442. The van der Waals surface area contributed by atoms with Gasteiger partial charge in [-0.05, 0) is 68.0 Å². The lowest BCUT2D eigenvalue weighted by Gasteiger charge is -2.17. The minimum atomic E-state index is -0.379. The molecule has 0 amide bonds. The molecule has 2 rings (SSSR count). The van der Waals surface area contributed by atoms with Gasteiger partial charge < -0.3 is 4.52 Å². The molecular weight excluding hydrogens is 319 g/mol. The third-order valence-corrected chi connectivity index (χ3v) is 4.65. The van der Waals surface area contributed by atoms with Crippen molar-refractivity contribution in [1.29, 1.82) is 0 Å². The van der Waals surface area contributed by atoms with Crippen LogP contribution in [0.4, 0.5) is 0 Å². The van der Waals surface area contributed by atoms with E-state index in [9.17, 15) is 9.36 Å². The van der Waals surface area contributed by atoms with Gasteiger partial charge in [-0.3, -0.25) is 4.79 Å². The van der Waals surface area contributed by atoms with Crippen LogP contribution in [0.5, 0.6) is 5.75 Å². The SMILES string of the molecule is CCc1c(OP=O)ccc(C(=O)c2c(C)cc(C)cc2C)c1CC. The molecule has 3 nitrogen and oxygen atoms in total. The molecule has 0 saturated carbocycles. The Hall–Kier alpha value is -1.99. The summed E-state index contributed by atoms with van der Waals surface area (Å²) in [6, 6.07) is 7.62. The Morgan fingerprint density at radius 3 is 2.08 bits per heavy atom. The monoisotopic (exact) mass is 342 g/mol. The number of carbonyl (C=O) groups excluding carboxylic acids is 1. The van der Waals surface area contributed by atoms with Crippen molar-refractivity contribution in [2.75, 3.05) is 0 Å². The minimum Gasteiger partial charge on any atom is -0.407 e. The van der Waals surface area contributed by atoms with E-state index < -0.39 is 0 Å². The molecular formula is C20H23O3P. The molecule has 0 aliphatic heterocycles. The number of ketones is 1. The lowest BCUT2D eigenvalue weighted by atomic mass is 9.88. The predicted molar refractivity (Wildman–Crippen MR) is 97.5 cm³/mol. The van der Waals surface area contributed by atoms with E-state index in [0.717, 1.165) is 46.2 Å². The average Bonchev–Trinajstić information content (AvgIpc) is 2.53. The number of rotatable bonds is 6. The molecule has 24 heavy (non-hydrogen) atoms. The van der Waals surface area contributed by atoms with Crippen molar-refractivity contribution in [3.05, 3.63) is 63.2 Å². The van der Waals surface area contributed by atoms with Gasteiger partial charge in [-0.25, -0.2) is 4.57 Å². The normalized spacial score (nSPS) is 10.9. The molecule has 2 aromatic rings. The third kappa shape index (κ3) is 3.42. The van der Waals surface area contributed by atoms with Crippen LogP contribution in [0.15, 0.2) is 24.3 Å². The van der Waals surface area contributed by atoms with Crippen LogP contribution in [0, 0.1) is 20.8 Å². The number of carbonyl (C=O) groups is 1. The average molecular weight is 342 g/mol. The molecule has 2 aromatic carbocycles. The predicted octanol–water partition coefficient (Wildman–Crippen LogP) is 5.55. The zero-order chi connectivity index (χ0) is 17.9. The highest BCUT2D eigenvalue weighted by Crippen LogP contribution is 2.31. The van der Waals surface area contributed by atoms with E-state index in [-0.39, 0.29) is 14.5 Å². The molecule has 0 fully saturated rings. The molecule has 0 aromatic heterocycles. The molecule has 0 saturated heterocycles. The Morgan fingerprint density at radius 2 is 1.58 bits per heavy atom. The summed E-state index contributed by atoms with van der Waals surface area (Å²) in [6.07, 6.45) is 1.45. The number of hydrogen-bond donors (Lipinski definition) is 0. The summed E-state index contributed by atoms with van der Waals surface area (Å²) in [5.41, 5.74) is 6.56. The second kappa shape index (κ2) is 7.72. The van der Waals surface area contributed by atoms with E-state index in [4.69, 9.17) is 4.52 Å². The summed E-state index contributed by atoms with van der Waals surface area (Å²) in [6.45, 7) is 10.0. The van der Waals surface area contributed by atoms with E-state index in [1.807, 2.05) is 46.8 Å². The summed E-state index contributed by atoms with van der Waals surface area (Å²) >= 11 is 0. The Kier molecular flexibility index (Phi) is 5.90. The fraction of sp³-hybridized carbons (Fsp3) is 0.350. The van der Waals surface area contributed by atoms with E-state index in [1.54, 1.807) is 12.1 Å². The van der Waals surface area contributed by atoms with Crippen molar-refractivity contribution < 1.29 is 13.9 Å². The fourth-order valence-corrected chi connectivity index (χ4v) is 3.73. The molecule has 126 valence electrons. The van der Waals surface area contributed by atoms with Gasteiger partial charge in [0.15, 0.2) is 5.78 Å². The van der Waals surface area contributed by atoms with Crippen molar-refractivity contribution >= 4 is 14.5 Å². The largest absolute Gasteiger partial charge is 0.407 e. The quantitative estimate of drug-likeness (QED) is 0.510. The summed E-state index contributed by atoms with van der Waals surface area (Å²) in [7, 11) is -0.379. The maximum Gasteiger partial charge on any atom is 0.395 e. The zero-order valence-electron chi connectivity index (χ0n) is 14.9. The van der Waals surface area contributed by atoms with Crippen LogP contribution < -0.4 is 4.52 Å². The van der Waals surface area contributed by atoms with E-state index in [0.29, 0.717) is 11.3 Å². The van der Waals surface area contributed by atoms with Crippen molar-refractivity contribution in [3.63, 3.8) is 0 Å². The molecule has 0 aliphatic carbocycles. The first-order chi connectivity index (χ1) is 11.4. The van der Waals surface area contributed by atoms with Crippen LogP contribution in [-0.2, 0) is 17.4 Å². The maximum absolute atomic E-state index is 13.2. The van der Waals surface area contributed by atoms with Gasteiger partial charge in [-0.2, -0.15) is 0 Å². The van der Waals surface area contributed by atoms with Crippen LogP contribution >= 0.6 is 8.69 Å². The Bertz CT molecular complexity index is 771. The Balaban J connectivity index is 2.64. The van der Waals surface area contributed by atoms with Crippen LogP contribution in [-0.4, -0.2) is 5.78 Å². The van der Waals surface area contributed by atoms with Gasteiger partial charge in [0.1, 0.15) is 5.75 Å². The smallest absolute Gasteiger partial charge is 0.395 e. The second-order valence-corrected chi connectivity index (χ2v) is 6.38. The second-order valence-electron chi connectivity index (χ2n) is 6.04. The van der Waals surface area contributed by atoms with Crippen molar-refractivity contribution in [1.82, 2.24) is 0 Å². The van der Waals surface area contributed by atoms with Gasteiger partial charge in [0.05, 0.1) is 0 Å². The first kappa shape index (κ1) is 18.4. The van der Waals surface area contributed by atoms with Crippen LogP contribution in [0.2, 0.25) is 0 Å². The van der Waals surface area contributed by atoms with E-state index in [1.165, 1.54) is 0 Å². The highest BCUT2D eigenvalue weighted by Gasteiger charge is 2.21. The third-order valence-electron chi connectivity index (χ3n) is 4.38. The molecule has 0 radical (unpaired) electrons. The van der Waals surface area contributed by atoms with Gasteiger partial charge in [0.2, 0.25) is 0 Å². The fourth-order valence-electron chi connectivity index (χ4n) is 3.47. The van der Waals surface area contributed by atoms with Gasteiger partial charge >= 0.3 is 8.69 Å². The van der Waals surface area contributed by atoms with Gasteiger partial charge in [-0.15, -0.1) is 0 Å². The molecule has 4 heteroatoms. The number of benzene rings is 2. The topological polar surface area (TPSA) is 43.4 Å². The summed E-state index contributed by atoms with van der Waals surface area (Å²) in [5, 5.41) is 0. The number of aryl methyl sites for hydroxylation is 3. The molecule has 0 heterocycles. The lowest BCUT2D eigenvalue weighted by Crippen LogP contribution is -2.11. The van der Waals surface area contributed by atoms with Gasteiger partial charge in [0.25, 0.3) is 0 Å². The maximum atomic E-state index is 13.2. The van der Waals surface area contributed by atoms with E-state index >= 15 is 0 Å². The molecule has 0 N–H and O–H groups in total. The molecule has 0 bridgehead atoms. The Labute approximate surface area is 145 Å². The zero-order valence-corrected chi connectivity index (χ0v) is 15.8. The first-order valence-corrected chi connectivity index (χ1v) is 8.94. The lowest BCUT2D eigenvalue weighted by molar-refractivity contribution is 0.103. The van der Waals surface area contributed by atoms with Crippen molar-refractivity contribution in [2.45, 2.75) is 47.5 Å². The van der Waals surface area contributed by atoms with Crippen LogP contribution in [0.3, 0.4) is 0 Å². The summed E-state index contributed by atoms with van der Waals surface area (Å²) < 4.78 is 16.0. The van der Waals surface area contributed by atoms with Gasteiger partial charge in [-0.1, -0.05) is 31.5 Å². The van der Waals surface area contributed by atoms with Gasteiger partial charge in [0, 0.05) is 11.1 Å². The van der Waals surface area contributed by atoms with Crippen molar-refractivity contribution in [3.8, 4) is 5.75 Å². The summed E-state index contributed by atoms with van der Waals surface area (Å²) in [5.74, 6) is 0.627. The highest BCUT2D eigenvalue weighted by molar-refractivity contribution is 7.17. The molecule has 0 atom stereocenters. The first-order valence-electron chi connectivity index (χ1n) is 8.21. The Morgan fingerprint density at radius 1 is 1.00 bits per heavy atom.